The Bertz CT molecular complexity index is 3230. The molecular weight excluding hydrogens is 851 g/mol. The molecule has 12 rings (SSSR count). The van der Waals surface area contributed by atoms with E-state index in [1.807, 2.05) is 0 Å². The van der Waals surface area contributed by atoms with Crippen LogP contribution in [0.1, 0.15) is 62.1 Å². The van der Waals surface area contributed by atoms with Gasteiger partial charge in [-0.2, -0.15) is 0 Å². The lowest BCUT2D eigenvalue weighted by Crippen LogP contribution is -2.32. The Labute approximate surface area is 390 Å². The quantitative estimate of drug-likeness (QED) is 0.147. The van der Waals surface area contributed by atoms with Crippen molar-refractivity contribution >= 4 is 32.9 Å². The second kappa shape index (κ2) is 15.8. The molecule has 1 nitrogen and oxygen atoms in total. The summed E-state index contributed by atoms with van der Waals surface area (Å²) in [5, 5.41) is 0. The SMILES string of the molecule is Cc1cc(N(c2ccc(C3(c4ccccc4Br)c4ccccc4-c4ccccc43)cc2)C2C=CC(c3ccccc3)=CC2)ccc1C1(c2ccccc2)c2ccccc2-c2ccccc21. The largest absolute Gasteiger partial charge is 0.334 e. The fourth-order valence-electron chi connectivity index (χ4n) is 11.7. The van der Waals surface area contributed by atoms with Crippen LogP contribution in [0.3, 0.4) is 0 Å². The van der Waals surface area contributed by atoms with Crippen LogP contribution in [-0.4, -0.2) is 6.04 Å². The van der Waals surface area contributed by atoms with Crippen molar-refractivity contribution in [3.05, 3.63) is 303 Å². The van der Waals surface area contributed by atoms with Crippen LogP contribution in [0, 0.1) is 6.92 Å². The Balaban J connectivity index is 1.03. The van der Waals surface area contributed by atoms with Crippen LogP contribution < -0.4 is 4.90 Å². The number of aryl methyl sites for hydroxylation is 1. The Morgan fingerprint density at radius 1 is 0.431 bits per heavy atom. The molecule has 0 N–H and O–H groups in total. The van der Waals surface area contributed by atoms with Crippen molar-refractivity contribution in [2.45, 2.75) is 30.2 Å². The Morgan fingerprint density at radius 2 is 0.877 bits per heavy atom. The van der Waals surface area contributed by atoms with Gasteiger partial charge in [-0.25, -0.2) is 0 Å². The van der Waals surface area contributed by atoms with Gasteiger partial charge in [0.05, 0.1) is 16.9 Å². The number of nitrogens with zero attached hydrogens (tertiary/aromatic N) is 1. The van der Waals surface area contributed by atoms with Crippen molar-refractivity contribution in [2.75, 3.05) is 4.90 Å². The zero-order valence-corrected chi connectivity index (χ0v) is 37.8. The normalized spacial score (nSPS) is 15.9. The molecule has 0 aromatic heterocycles. The van der Waals surface area contributed by atoms with E-state index in [0.29, 0.717) is 0 Å². The van der Waals surface area contributed by atoms with Gasteiger partial charge in [0.1, 0.15) is 0 Å². The number of halogens is 1. The van der Waals surface area contributed by atoms with Crippen molar-refractivity contribution in [2.24, 2.45) is 0 Å². The van der Waals surface area contributed by atoms with E-state index < -0.39 is 10.8 Å². The lowest BCUT2D eigenvalue weighted by atomic mass is 9.66. The second-order valence-corrected chi connectivity index (χ2v) is 18.5. The number of allylic oxidation sites excluding steroid dienone is 2. The molecule has 0 aliphatic heterocycles. The van der Waals surface area contributed by atoms with Crippen molar-refractivity contribution in [3.8, 4) is 22.3 Å². The summed E-state index contributed by atoms with van der Waals surface area (Å²) in [4.78, 5) is 2.56. The summed E-state index contributed by atoms with van der Waals surface area (Å²) in [6.45, 7) is 2.31. The van der Waals surface area contributed by atoms with E-state index in [0.717, 1.165) is 16.6 Å². The van der Waals surface area contributed by atoms with Gasteiger partial charge in [-0.15, -0.1) is 0 Å². The summed E-state index contributed by atoms with van der Waals surface area (Å²) >= 11 is 4.04. The highest BCUT2D eigenvalue weighted by Gasteiger charge is 2.48. The monoisotopic (exact) mass is 895 g/mol. The van der Waals surface area contributed by atoms with Crippen LogP contribution in [0.25, 0.3) is 27.8 Å². The Hall–Kier alpha value is -7.26. The first-order chi connectivity index (χ1) is 32.1. The Kier molecular flexibility index (Phi) is 9.54. The molecule has 0 fully saturated rings. The smallest absolute Gasteiger partial charge is 0.0724 e. The van der Waals surface area contributed by atoms with Crippen LogP contribution in [0.2, 0.25) is 0 Å². The number of fused-ring (bicyclic) bond motifs is 6. The maximum Gasteiger partial charge on any atom is 0.0724 e. The average Bonchev–Trinajstić information content (AvgIpc) is 3.84. The summed E-state index contributed by atoms with van der Waals surface area (Å²) in [5.41, 5.74) is 20.6. The molecule has 0 saturated heterocycles. The lowest BCUT2D eigenvalue weighted by Gasteiger charge is -2.38. The predicted octanol–water partition coefficient (Wildman–Crippen LogP) is 16.0. The standard InChI is InChI=1S/C63H46BrN/c1-43-42-50(40-41-55(43)62(46-20-6-3-7-21-46)56-26-12-8-22-51(56)52-23-9-13-27-57(52)62)65(48-36-32-45(33-37-48)44-18-4-2-5-19-44)49-38-34-47(35-39-49)63(60-30-16-17-31-61(60)64)58-28-14-10-24-53(58)54-25-11-15-29-59(54)63/h2-36,38-42,48H,37H2,1H3. The van der Waals surface area contributed by atoms with Crippen LogP contribution in [0.5, 0.6) is 0 Å². The summed E-state index contributed by atoms with van der Waals surface area (Å²) in [6, 6.07) is 83.4. The van der Waals surface area contributed by atoms with Crippen LogP contribution in [-0.2, 0) is 10.8 Å². The molecule has 2 heteroatoms. The minimum Gasteiger partial charge on any atom is -0.334 e. The van der Waals surface area contributed by atoms with Gasteiger partial charge in [-0.3, -0.25) is 0 Å². The van der Waals surface area contributed by atoms with Gasteiger partial charge in [0.15, 0.2) is 0 Å². The van der Waals surface area contributed by atoms with Crippen LogP contribution in [0.15, 0.2) is 247 Å². The molecule has 9 aromatic rings. The fourth-order valence-corrected chi connectivity index (χ4v) is 12.3. The molecule has 0 spiro atoms. The van der Waals surface area contributed by atoms with Gasteiger partial charge < -0.3 is 4.90 Å². The van der Waals surface area contributed by atoms with E-state index >= 15 is 0 Å². The molecule has 3 aliphatic carbocycles. The van der Waals surface area contributed by atoms with Gasteiger partial charge in [-0.05, 0) is 127 Å². The Morgan fingerprint density at radius 3 is 1.38 bits per heavy atom. The summed E-state index contributed by atoms with van der Waals surface area (Å²) in [6.07, 6.45) is 8.00. The zero-order valence-electron chi connectivity index (χ0n) is 36.2. The molecule has 1 atom stereocenters. The maximum atomic E-state index is 4.04. The number of hydrogen-bond donors (Lipinski definition) is 0. The maximum absolute atomic E-state index is 4.04. The topological polar surface area (TPSA) is 3.24 Å². The number of anilines is 2. The molecule has 0 amide bonds. The van der Waals surface area contributed by atoms with Crippen molar-refractivity contribution in [3.63, 3.8) is 0 Å². The molecule has 9 aromatic carbocycles. The molecule has 0 saturated carbocycles. The highest BCUT2D eigenvalue weighted by molar-refractivity contribution is 9.10. The van der Waals surface area contributed by atoms with Gasteiger partial charge in [0.25, 0.3) is 0 Å². The van der Waals surface area contributed by atoms with E-state index in [1.165, 1.54) is 89.1 Å². The average molecular weight is 897 g/mol. The molecule has 310 valence electrons. The van der Waals surface area contributed by atoms with Crippen LogP contribution >= 0.6 is 15.9 Å². The highest BCUT2D eigenvalue weighted by Crippen LogP contribution is 2.59. The minimum absolute atomic E-state index is 0.0970. The van der Waals surface area contributed by atoms with E-state index in [1.54, 1.807) is 0 Å². The molecule has 0 radical (unpaired) electrons. The van der Waals surface area contributed by atoms with E-state index in [4.69, 9.17) is 0 Å². The fraction of sp³-hybridized carbons (Fsp3) is 0.0794. The first-order valence-electron chi connectivity index (χ1n) is 22.7. The van der Waals surface area contributed by atoms with Crippen molar-refractivity contribution < 1.29 is 0 Å². The molecule has 0 bridgehead atoms. The molecule has 0 heterocycles. The van der Waals surface area contributed by atoms with E-state index in [9.17, 15) is 0 Å². The third-order valence-corrected chi connectivity index (χ3v) is 15.1. The summed E-state index contributed by atoms with van der Waals surface area (Å²) in [7, 11) is 0. The molecule has 3 aliphatic rings. The molecular formula is C63H46BrN. The van der Waals surface area contributed by atoms with Crippen molar-refractivity contribution in [1.29, 1.82) is 0 Å². The number of benzene rings is 9. The van der Waals surface area contributed by atoms with Gasteiger partial charge in [0.2, 0.25) is 0 Å². The van der Waals surface area contributed by atoms with E-state index in [2.05, 4.69) is 270 Å². The summed E-state index contributed by atoms with van der Waals surface area (Å²) < 4.78 is 1.10. The highest BCUT2D eigenvalue weighted by atomic mass is 79.9. The second-order valence-electron chi connectivity index (χ2n) is 17.6. The lowest BCUT2D eigenvalue weighted by molar-refractivity contribution is 0.755. The number of rotatable bonds is 8. The van der Waals surface area contributed by atoms with Gasteiger partial charge >= 0.3 is 0 Å². The molecule has 1 unspecified atom stereocenters. The van der Waals surface area contributed by atoms with E-state index in [-0.39, 0.29) is 6.04 Å². The minimum atomic E-state index is -0.507. The first kappa shape index (κ1) is 39.3. The van der Waals surface area contributed by atoms with Gasteiger partial charge in [-0.1, -0.05) is 228 Å². The predicted molar refractivity (Wildman–Crippen MR) is 274 cm³/mol. The number of hydrogen-bond acceptors (Lipinski definition) is 1. The van der Waals surface area contributed by atoms with Gasteiger partial charge in [0, 0.05) is 15.8 Å². The third kappa shape index (κ3) is 5.97. The molecule has 65 heavy (non-hydrogen) atoms. The van der Waals surface area contributed by atoms with Crippen molar-refractivity contribution in [1.82, 2.24) is 0 Å². The van der Waals surface area contributed by atoms with Crippen LogP contribution in [0.4, 0.5) is 11.4 Å². The first-order valence-corrected chi connectivity index (χ1v) is 23.5. The third-order valence-electron chi connectivity index (χ3n) is 14.4. The zero-order chi connectivity index (χ0) is 43.5. The summed E-state index contributed by atoms with van der Waals surface area (Å²) in [5.74, 6) is 0.